The first-order chi connectivity index (χ1) is 17.0. The first-order valence-corrected chi connectivity index (χ1v) is 12.8. The molecule has 35 heavy (non-hydrogen) atoms. The lowest BCUT2D eigenvalue weighted by atomic mass is 10.1. The first-order valence-electron chi connectivity index (χ1n) is 11.9. The quantitative estimate of drug-likeness (QED) is 0.344. The molecule has 0 aliphatic carbocycles. The summed E-state index contributed by atoms with van der Waals surface area (Å²) in [5.41, 5.74) is 3.22. The van der Waals surface area contributed by atoms with E-state index in [2.05, 4.69) is 46.3 Å². The van der Waals surface area contributed by atoms with E-state index in [4.69, 9.17) is 0 Å². The average Bonchev–Trinajstić information content (AvgIpc) is 3.38. The van der Waals surface area contributed by atoms with Crippen LogP contribution in [0.2, 0.25) is 0 Å². The van der Waals surface area contributed by atoms with Crippen LogP contribution in [0.3, 0.4) is 0 Å². The van der Waals surface area contributed by atoms with Gasteiger partial charge >= 0.3 is 0 Å². The number of likely N-dealkylation sites (tertiary alicyclic amines) is 1. The number of fused-ring (bicyclic) bond motifs is 2. The highest BCUT2D eigenvalue weighted by molar-refractivity contribution is 7.99. The van der Waals surface area contributed by atoms with Gasteiger partial charge in [0.1, 0.15) is 0 Å². The van der Waals surface area contributed by atoms with Crippen molar-refractivity contribution in [1.82, 2.24) is 10.2 Å². The van der Waals surface area contributed by atoms with Crippen molar-refractivity contribution in [3.8, 4) is 0 Å². The number of nitro benzene ring substituents is 1. The predicted molar refractivity (Wildman–Crippen MR) is 139 cm³/mol. The molecule has 7 nitrogen and oxygen atoms in total. The van der Waals surface area contributed by atoms with Crippen LogP contribution >= 0.6 is 11.8 Å². The van der Waals surface area contributed by atoms with Crippen molar-refractivity contribution in [2.24, 2.45) is 0 Å². The van der Waals surface area contributed by atoms with Crippen molar-refractivity contribution in [2.75, 3.05) is 24.5 Å². The highest BCUT2D eigenvalue weighted by Gasteiger charge is 2.29. The lowest BCUT2D eigenvalue weighted by molar-refractivity contribution is -0.385. The lowest BCUT2D eigenvalue weighted by Gasteiger charge is -2.39. The lowest BCUT2D eigenvalue weighted by Crippen LogP contribution is -2.40. The first kappa shape index (κ1) is 23.4. The molecule has 8 heteroatoms. The number of anilines is 2. The van der Waals surface area contributed by atoms with Gasteiger partial charge in [-0.15, -0.1) is 0 Å². The number of para-hydroxylation sites is 2. The van der Waals surface area contributed by atoms with Crippen molar-refractivity contribution in [2.45, 2.75) is 42.1 Å². The van der Waals surface area contributed by atoms with Gasteiger partial charge < -0.3 is 15.1 Å². The summed E-state index contributed by atoms with van der Waals surface area (Å²) < 4.78 is 0. The van der Waals surface area contributed by atoms with Crippen molar-refractivity contribution in [3.05, 3.63) is 88.0 Å². The Kier molecular flexibility index (Phi) is 6.74. The summed E-state index contributed by atoms with van der Waals surface area (Å²) >= 11 is 1.72. The molecule has 0 spiro atoms. The average molecular weight is 489 g/mol. The number of hydrogen-bond acceptors (Lipinski definition) is 6. The molecule has 2 aliphatic rings. The highest BCUT2D eigenvalue weighted by Crippen LogP contribution is 2.49. The molecule has 1 saturated heterocycles. The van der Waals surface area contributed by atoms with Gasteiger partial charge in [-0.05, 0) is 63.2 Å². The van der Waals surface area contributed by atoms with Gasteiger partial charge in [-0.3, -0.25) is 14.9 Å². The van der Waals surface area contributed by atoms with Gasteiger partial charge in [-0.2, -0.15) is 0 Å². The third kappa shape index (κ3) is 4.90. The molecule has 0 bridgehead atoms. The molecule has 0 saturated carbocycles. The topological polar surface area (TPSA) is 78.7 Å². The second kappa shape index (κ2) is 10.1. The van der Waals surface area contributed by atoms with E-state index in [9.17, 15) is 14.9 Å². The minimum absolute atomic E-state index is 0.00756. The van der Waals surface area contributed by atoms with Crippen LogP contribution in [0.1, 0.15) is 35.7 Å². The molecule has 1 N–H and O–H groups in total. The molecule has 0 unspecified atom stereocenters. The molecule has 3 aromatic carbocycles. The minimum Gasteiger partial charge on any atom is -0.348 e. The molecule has 0 aromatic heterocycles. The normalized spacial score (nSPS) is 15.9. The van der Waals surface area contributed by atoms with Gasteiger partial charge in [-0.1, -0.05) is 42.1 Å². The fourth-order valence-corrected chi connectivity index (χ4v) is 5.99. The maximum absolute atomic E-state index is 13.1. The summed E-state index contributed by atoms with van der Waals surface area (Å²) in [5.74, 6) is -0.248. The molecule has 1 amide bonds. The number of amides is 1. The third-order valence-electron chi connectivity index (χ3n) is 6.61. The van der Waals surface area contributed by atoms with Gasteiger partial charge in [0.15, 0.2) is 0 Å². The Morgan fingerprint density at radius 3 is 2.54 bits per heavy atom. The molecular weight excluding hydrogens is 460 g/mol. The monoisotopic (exact) mass is 488 g/mol. The molecule has 1 atom stereocenters. The second-order valence-electron chi connectivity index (χ2n) is 9.05. The zero-order chi connectivity index (χ0) is 24.4. The van der Waals surface area contributed by atoms with Crippen molar-refractivity contribution >= 4 is 34.7 Å². The summed E-state index contributed by atoms with van der Waals surface area (Å²) in [6, 6.07) is 20.9. The zero-order valence-corrected chi connectivity index (χ0v) is 20.5. The maximum Gasteiger partial charge on any atom is 0.274 e. The highest BCUT2D eigenvalue weighted by atomic mass is 32.2. The van der Waals surface area contributed by atoms with E-state index in [-0.39, 0.29) is 24.2 Å². The number of hydrogen-bond donors (Lipinski definition) is 1. The Bertz CT molecular complexity index is 1260. The van der Waals surface area contributed by atoms with E-state index in [0.717, 1.165) is 35.9 Å². The smallest absolute Gasteiger partial charge is 0.274 e. The summed E-state index contributed by atoms with van der Waals surface area (Å²) in [6.45, 7) is 5.58. The summed E-state index contributed by atoms with van der Waals surface area (Å²) in [7, 11) is 0. The number of carbonyl (C=O) groups excluding carboxylic acids is 1. The van der Waals surface area contributed by atoms with E-state index in [0.29, 0.717) is 11.1 Å². The molecule has 3 aromatic rings. The zero-order valence-electron chi connectivity index (χ0n) is 19.6. The molecule has 5 rings (SSSR count). The van der Waals surface area contributed by atoms with Crippen LogP contribution in [0, 0.1) is 10.1 Å². The number of nitro groups is 1. The van der Waals surface area contributed by atoms with Crippen LogP contribution in [0.15, 0.2) is 76.5 Å². The fourth-order valence-electron chi connectivity index (χ4n) is 4.94. The summed E-state index contributed by atoms with van der Waals surface area (Å²) in [5, 5.41) is 14.2. The van der Waals surface area contributed by atoms with Crippen molar-refractivity contribution < 1.29 is 9.72 Å². The minimum atomic E-state index is -0.422. The molecule has 2 aliphatic heterocycles. The number of rotatable bonds is 7. The fraction of sp³-hybridized carbons (Fsp3) is 0.296. The number of carbonyl (C=O) groups is 1. The van der Waals surface area contributed by atoms with Gasteiger partial charge in [0.05, 0.1) is 16.3 Å². The molecule has 1 fully saturated rings. The largest absolute Gasteiger partial charge is 0.348 e. The Morgan fingerprint density at radius 2 is 1.74 bits per heavy atom. The van der Waals surface area contributed by atoms with Crippen LogP contribution in [-0.4, -0.2) is 41.4 Å². The molecule has 2 heterocycles. The van der Waals surface area contributed by atoms with E-state index in [1.807, 2.05) is 18.2 Å². The van der Waals surface area contributed by atoms with Crippen LogP contribution in [0.4, 0.5) is 17.1 Å². The summed E-state index contributed by atoms with van der Waals surface area (Å²) in [6.07, 6.45) is 2.50. The van der Waals surface area contributed by atoms with Crippen LogP contribution < -0.4 is 10.2 Å². The maximum atomic E-state index is 13.1. The van der Waals surface area contributed by atoms with Crippen LogP contribution in [0.5, 0.6) is 0 Å². The van der Waals surface area contributed by atoms with E-state index in [1.165, 1.54) is 23.8 Å². The number of nitrogens with one attached hydrogen (secondary N) is 1. The molecule has 180 valence electrons. The van der Waals surface area contributed by atoms with Gasteiger partial charge in [0.2, 0.25) is 0 Å². The third-order valence-corrected chi connectivity index (χ3v) is 7.75. The van der Waals surface area contributed by atoms with Crippen molar-refractivity contribution in [3.63, 3.8) is 0 Å². The Balaban J connectivity index is 1.41. The van der Waals surface area contributed by atoms with Gasteiger partial charge in [0.25, 0.3) is 11.6 Å². The van der Waals surface area contributed by atoms with E-state index in [1.54, 1.807) is 30.0 Å². The Hall–Kier alpha value is -3.36. The van der Waals surface area contributed by atoms with E-state index < -0.39 is 4.92 Å². The van der Waals surface area contributed by atoms with Gasteiger partial charge in [0, 0.05) is 46.1 Å². The number of nitrogens with zero attached hydrogens (tertiary/aromatic N) is 3. The van der Waals surface area contributed by atoms with Gasteiger partial charge in [-0.25, -0.2) is 0 Å². The molecule has 0 radical (unpaired) electrons. The number of benzene rings is 3. The van der Waals surface area contributed by atoms with E-state index >= 15 is 0 Å². The van der Waals surface area contributed by atoms with Crippen LogP contribution in [-0.2, 0) is 6.54 Å². The Labute approximate surface area is 209 Å². The SMILES string of the molecule is C[C@H](CN1CCCC1)N1c2ccccc2Sc2ccc(C(=O)NCc3ccccc3[N+](=O)[O-])cc21. The summed E-state index contributed by atoms with van der Waals surface area (Å²) in [4.78, 5) is 31.2. The van der Waals surface area contributed by atoms with Crippen LogP contribution in [0.25, 0.3) is 0 Å². The second-order valence-corrected chi connectivity index (χ2v) is 10.1. The molecular formula is C27H28N4O3S. The Morgan fingerprint density at radius 1 is 1.03 bits per heavy atom. The standard InChI is InChI=1S/C27H28N4O3S/c1-19(18-29-14-6-7-15-29)30-23-10-4-5-11-25(23)35-26-13-12-20(16-24(26)30)27(32)28-17-21-8-2-3-9-22(21)31(33)34/h2-5,8-13,16,19H,6-7,14-15,17-18H2,1H3,(H,28,32)/t19-/m1/s1. The van der Waals surface area contributed by atoms with Crippen molar-refractivity contribution in [1.29, 1.82) is 0 Å². The predicted octanol–water partition coefficient (Wildman–Crippen LogP) is 5.61.